The van der Waals surface area contributed by atoms with Crippen LogP contribution in [0.4, 0.5) is 5.69 Å². The Bertz CT molecular complexity index is 1160. The Hall–Kier alpha value is -3.51. The van der Waals surface area contributed by atoms with Gasteiger partial charge in [0.05, 0.1) is 50.7 Å². The second-order valence-electron chi connectivity index (χ2n) is 7.52. The van der Waals surface area contributed by atoms with Gasteiger partial charge in [0.2, 0.25) is 0 Å². The van der Waals surface area contributed by atoms with Gasteiger partial charge in [-0.15, -0.1) is 0 Å². The topological polar surface area (TPSA) is 130 Å². The summed E-state index contributed by atoms with van der Waals surface area (Å²) in [6.07, 6.45) is -0.747. The molecule has 11 nitrogen and oxygen atoms in total. The molecule has 190 valence electrons. The highest BCUT2D eigenvalue weighted by Gasteiger charge is 2.25. The van der Waals surface area contributed by atoms with Crippen LogP contribution < -0.4 is 18.9 Å². The Morgan fingerprint density at radius 2 is 1.60 bits per heavy atom. The Morgan fingerprint density at radius 3 is 2.17 bits per heavy atom. The molecule has 2 aromatic rings. The lowest BCUT2D eigenvalue weighted by Gasteiger charge is -2.29. The number of nitrogens with one attached hydrogen (secondary N) is 1. The summed E-state index contributed by atoms with van der Waals surface area (Å²) in [6, 6.07) is 8.23. The number of morpholine rings is 1. The third kappa shape index (κ3) is 6.14. The fourth-order valence-corrected chi connectivity index (χ4v) is 4.51. The summed E-state index contributed by atoms with van der Waals surface area (Å²) >= 11 is 0. The second kappa shape index (κ2) is 11.3. The molecule has 1 amide bonds. The van der Waals surface area contributed by atoms with Crippen molar-refractivity contribution in [2.24, 2.45) is 0 Å². The van der Waals surface area contributed by atoms with E-state index in [2.05, 4.69) is 4.72 Å². The Morgan fingerprint density at radius 1 is 1.00 bits per heavy atom. The molecular formula is C23H28N2O9S. The molecule has 1 N–H and O–H groups in total. The zero-order valence-corrected chi connectivity index (χ0v) is 20.7. The van der Waals surface area contributed by atoms with Crippen LogP contribution in [0.5, 0.6) is 17.2 Å². The van der Waals surface area contributed by atoms with E-state index in [1.807, 2.05) is 0 Å². The van der Waals surface area contributed by atoms with Gasteiger partial charge in [-0.1, -0.05) is 0 Å². The van der Waals surface area contributed by atoms with Gasteiger partial charge in [-0.3, -0.25) is 9.52 Å². The average Bonchev–Trinajstić information content (AvgIpc) is 2.88. The third-order valence-electron chi connectivity index (χ3n) is 5.29. The summed E-state index contributed by atoms with van der Waals surface area (Å²) in [5.74, 6) is -0.139. The van der Waals surface area contributed by atoms with Crippen molar-refractivity contribution < 1.29 is 41.7 Å². The van der Waals surface area contributed by atoms with E-state index in [4.69, 9.17) is 23.7 Å². The van der Waals surface area contributed by atoms with E-state index in [9.17, 15) is 18.0 Å². The van der Waals surface area contributed by atoms with Crippen LogP contribution in [0.1, 0.15) is 17.3 Å². The fourth-order valence-electron chi connectivity index (χ4n) is 3.44. The van der Waals surface area contributed by atoms with Crippen LogP contribution in [0.25, 0.3) is 0 Å². The Kier molecular flexibility index (Phi) is 8.41. The molecule has 1 aliphatic rings. The molecule has 0 aliphatic carbocycles. The molecule has 0 saturated carbocycles. The molecule has 0 spiro atoms. The summed E-state index contributed by atoms with van der Waals surface area (Å²) in [6.45, 7) is 3.60. The van der Waals surface area contributed by atoms with Crippen LogP contribution in [0.2, 0.25) is 0 Å². The fraction of sp³-hybridized carbons (Fsp3) is 0.391. The molecule has 1 fully saturated rings. The van der Waals surface area contributed by atoms with E-state index in [1.54, 1.807) is 11.8 Å². The van der Waals surface area contributed by atoms with Gasteiger partial charge in [-0.05, 0) is 31.2 Å². The normalized spacial score (nSPS) is 14.6. The van der Waals surface area contributed by atoms with Crippen LogP contribution >= 0.6 is 0 Å². The molecule has 1 saturated heterocycles. The maximum Gasteiger partial charge on any atom is 0.340 e. The molecule has 1 heterocycles. The van der Waals surface area contributed by atoms with Gasteiger partial charge in [0.15, 0.2) is 17.6 Å². The molecule has 35 heavy (non-hydrogen) atoms. The first-order valence-electron chi connectivity index (χ1n) is 10.7. The number of methoxy groups -OCH3 is 3. The Labute approximate surface area is 203 Å². The van der Waals surface area contributed by atoms with E-state index in [0.717, 1.165) is 0 Å². The highest BCUT2D eigenvalue weighted by molar-refractivity contribution is 7.92. The molecule has 1 atom stereocenters. The van der Waals surface area contributed by atoms with E-state index in [-0.39, 0.29) is 33.6 Å². The van der Waals surface area contributed by atoms with Gasteiger partial charge in [-0.2, -0.15) is 0 Å². The van der Waals surface area contributed by atoms with Crippen molar-refractivity contribution in [1.82, 2.24) is 4.90 Å². The van der Waals surface area contributed by atoms with Crippen LogP contribution in [0, 0.1) is 0 Å². The smallest absolute Gasteiger partial charge is 0.340 e. The van der Waals surface area contributed by atoms with Crippen LogP contribution in [0.15, 0.2) is 41.3 Å². The van der Waals surface area contributed by atoms with Gasteiger partial charge in [0.1, 0.15) is 5.75 Å². The number of sulfonamides is 1. The molecule has 0 unspecified atom stereocenters. The van der Waals surface area contributed by atoms with Gasteiger partial charge in [-0.25, -0.2) is 13.2 Å². The van der Waals surface area contributed by atoms with E-state index < -0.39 is 22.1 Å². The first-order chi connectivity index (χ1) is 16.7. The number of esters is 1. The largest absolute Gasteiger partial charge is 0.493 e. The number of hydrogen-bond donors (Lipinski definition) is 1. The highest BCUT2D eigenvalue weighted by atomic mass is 32.2. The molecule has 3 rings (SSSR count). The minimum atomic E-state index is -4.10. The molecule has 0 bridgehead atoms. The van der Waals surface area contributed by atoms with Crippen molar-refractivity contribution in [1.29, 1.82) is 0 Å². The predicted molar refractivity (Wildman–Crippen MR) is 126 cm³/mol. The molecule has 1 aliphatic heterocycles. The standard InChI is InChI=1S/C23H28N2O9S/c1-15(22(26)25-9-11-33-12-10-25)34-16-5-7-17(8-6-16)35(28,29)24-19-14-21(31-3)20(30-2)13-18(19)23(27)32-4/h5-8,13-15,24H,9-12H2,1-4H3/t15-/m1/s1. The molecule has 2 aromatic carbocycles. The number of rotatable bonds is 9. The van der Waals surface area contributed by atoms with E-state index in [0.29, 0.717) is 32.1 Å². The first kappa shape index (κ1) is 26.1. The van der Waals surface area contributed by atoms with Crippen molar-refractivity contribution in [2.45, 2.75) is 17.9 Å². The van der Waals surface area contributed by atoms with Crippen LogP contribution in [0.3, 0.4) is 0 Å². The lowest BCUT2D eigenvalue weighted by molar-refractivity contribution is -0.142. The second-order valence-corrected chi connectivity index (χ2v) is 9.20. The summed E-state index contributed by atoms with van der Waals surface area (Å²) in [4.78, 5) is 26.3. The highest BCUT2D eigenvalue weighted by Crippen LogP contribution is 2.35. The minimum Gasteiger partial charge on any atom is -0.493 e. The van der Waals surface area contributed by atoms with Crippen LogP contribution in [-0.2, 0) is 24.3 Å². The van der Waals surface area contributed by atoms with Crippen molar-refractivity contribution in [3.63, 3.8) is 0 Å². The molecule has 0 aromatic heterocycles. The summed E-state index contributed by atoms with van der Waals surface area (Å²) in [5.41, 5.74) is -0.0938. The minimum absolute atomic E-state index is 0.0421. The number of ether oxygens (including phenoxy) is 5. The lowest BCUT2D eigenvalue weighted by atomic mass is 10.1. The maximum absolute atomic E-state index is 13.0. The number of benzene rings is 2. The maximum atomic E-state index is 13.0. The zero-order valence-electron chi connectivity index (χ0n) is 19.9. The van der Waals surface area contributed by atoms with Gasteiger partial charge in [0, 0.05) is 25.2 Å². The van der Waals surface area contributed by atoms with Crippen molar-refractivity contribution >= 4 is 27.6 Å². The number of carbonyl (C=O) groups is 2. The van der Waals surface area contributed by atoms with Crippen LogP contribution in [-0.4, -0.2) is 78.9 Å². The first-order valence-corrected chi connectivity index (χ1v) is 12.2. The average molecular weight is 509 g/mol. The van der Waals surface area contributed by atoms with Gasteiger partial charge in [0.25, 0.3) is 15.9 Å². The van der Waals surface area contributed by atoms with Crippen molar-refractivity contribution in [2.75, 3.05) is 52.4 Å². The number of hydrogen-bond acceptors (Lipinski definition) is 9. The van der Waals surface area contributed by atoms with E-state index in [1.165, 1.54) is 57.7 Å². The lowest BCUT2D eigenvalue weighted by Crippen LogP contribution is -2.46. The molecular weight excluding hydrogens is 480 g/mol. The molecule has 0 radical (unpaired) electrons. The van der Waals surface area contributed by atoms with Gasteiger partial charge >= 0.3 is 5.97 Å². The molecule has 12 heteroatoms. The summed E-state index contributed by atoms with van der Waals surface area (Å²) in [7, 11) is -0.141. The summed E-state index contributed by atoms with van der Waals surface area (Å²) in [5, 5.41) is 0. The monoisotopic (exact) mass is 508 g/mol. The Balaban J connectivity index is 1.78. The van der Waals surface area contributed by atoms with Crippen molar-refractivity contribution in [3.8, 4) is 17.2 Å². The summed E-state index contributed by atoms with van der Waals surface area (Å²) < 4.78 is 54.5. The van der Waals surface area contributed by atoms with E-state index >= 15 is 0 Å². The third-order valence-corrected chi connectivity index (χ3v) is 6.67. The zero-order chi connectivity index (χ0) is 25.6. The number of nitrogens with zero attached hydrogens (tertiary/aromatic N) is 1. The SMILES string of the molecule is COC(=O)c1cc(OC)c(OC)cc1NS(=O)(=O)c1ccc(O[C@H](C)C(=O)N2CCOCC2)cc1. The van der Waals surface area contributed by atoms with Crippen molar-refractivity contribution in [3.05, 3.63) is 42.0 Å². The predicted octanol–water partition coefficient (Wildman–Crippen LogP) is 1.92. The number of carbonyl (C=O) groups excluding carboxylic acids is 2. The number of anilines is 1. The quantitative estimate of drug-likeness (QED) is 0.505. The number of amides is 1. The van der Waals surface area contributed by atoms with Gasteiger partial charge < -0.3 is 28.6 Å².